The highest BCUT2D eigenvalue weighted by Crippen LogP contribution is 2.02. The fraction of sp³-hybridized carbons (Fsp3) is 0.750. The van der Waals surface area contributed by atoms with Crippen LogP contribution in [-0.2, 0) is 9.78 Å². The molecule has 0 aliphatic carbocycles. The van der Waals surface area contributed by atoms with Crippen molar-refractivity contribution in [1.29, 1.82) is 0 Å². The Morgan fingerprint density at radius 1 is 1.57 bits per heavy atom. The van der Waals surface area contributed by atoms with Gasteiger partial charge in [-0.2, -0.15) is 4.89 Å². The van der Waals surface area contributed by atoms with Crippen LogP contribution in [0.25, 0.3) is 0 Å². The lowest BCUT2D eigenvalue weighted by Gasteiger charge is -2.09. The molecule has 1 rings (SSSR count). The zero-order chi connectivity index (χ0) is 5.11. The predicted molar refractivity (Wildman–Crippen MR) is 28.9 cm³/mol. The maximum absolute atomic E-state index is 4.66. The topological polar surface area (TPSA) is 18.5 Å². The summed E-state index contributed by atoms with van der Waals surface area (Å²) in [5.74, 6) is 0. The van der Waals surface area contributed by atoms with Crippen LogP contribution in [0.3, 0.4) is 0 Å². The minimum absolute atomic E-state index is 0.575. The van der Waals surface area contributed by atoms with E-state index in [1.165, 1.54) is 0 Å². The Morgan fingerprint density at radius 2 is 2.43 bits per heavy atom. The molecule has 0 aromatic rings. The summed E-state index contributed by atoms with van der Waals surface area (Å²) in [7, 11) is 0. The van der Waals surface area contributed by atoms with Crippen LogP contribution in [0.5, 0.6) is 0 Å². The summed E-state index contributed by atoms with van der Waals surface area (Å²) in [6.07, 6.45) is 1.87. The van der Waals surface area contributed by atoms with E-state index >= 15 is 0 Å². The summed E-state index contributed by atoms with van der Waals surface area (Å²) in [5, 5.41) is 0.575. The van der Waals surface area contributed by atoms with Crippen LogP contribution in [0.1, 0.15) is 12.8 Å². The summed E-state index contributed by atoms with van der Waals surface area (Å²) < 4.78 is 0. The van der Waals surface area contributed by atoms with Gasteiger partial charge in [-0.15, -0.1) is 0 Å². The van der Waals surface area contributed by atoms with Crippen LogP contribution < -0.4 is 0 Å². The molecule has 0 atom stereocenters. The van der Waals surface area contributed by atoms with E-state index in [2.05, 4.69) is 22.0 Å². The van der Waals surface area contributed by atoms with E-state index in [0.29, 0.717) is 11.7 Å². The van der Waals surface area contributed by atoms with Gasteiger partial charge in [0.25, 0.3) is 0 Å². The molecule has 1 saturated heterocycles. The van der Waals surface area contributed by atoms with Crippen molar-refractivity contribution in [1.82, 2.24) is 0 Å². The van der Waals surface area contributed by atoms with Crippen LogP contribution in [0.4, 0.5) is 0 Å². The zero-order valence-corrected chi connectivity index (χ0v) is 4.66. The van der Waals surface area contributed by atoms with Gasteiger partial charge in [0.2, 0.25) is 5.05 Å². The van der Waals surface area contributed by atoms with Gasteiger partial charge in [-0.1, -0.05) is 0 Å². The lowest BCUT2D eigenvalue weighted by Crippen LogP contribution is -2.11. The molecule has 3 heteroatoms. The first kappa shape index (κ1) is 5.00. The fourth-order valence-electron chi connectivity index (χ4n) is 0.424. The van der Waals surface area contributed by atoms with Gasteiger partial charge >= 0.3 is 0 Å². The molecule has 0 N–H and O–H groups in total. The van der Waals surface area contributed by atoms with Crippen LogP contribution in [0.2, 0.25) is 0 Å². The highest BCUT2D eigenvalue weighted by molar-refractivity contribution is 7.80. The van der Waals surface area contributed by atoms with Crippen molar-refractivity contribution in [3.05, 3.63) is 0 Å². The SMILES string of the molecule is S=C1CCCOO1. The molecule has 0 unspecified atom stereocenters. The Bertz CT molecular complexity index is 73.8. The summed E-state index contributed by atoms with van der Waals surface area (Å²) in [6.45, 7) is 0.681. The van der Waals surface area contributed by atoms with Gasteiger partial charge in [0.1, 0.15) is 0 Å². The third kappa shape index (κ3) is 1.41. The predicted octanol–water partition coefficient (Wildman–Crippen LogP) is 1.06. The van der Waals surface area contributed by atoms with Gasteiger partial charge in [-0.25, -0.2) is 0 Å². The highest BCUT2D eigenvalue weighted by Gasteiger charge is 2.04. The minimum atomic E-state index is 0.575. The van der Waals surface area contributed by atoms with E-state index in [4.69, 9.17) is 0 Å². The number of hydrogen-bond donors (Lipinski definition) is 0. The Kier molecular flexibility index (Phi) is 1.59. The highest BCUT2D eigenvalue weighted by atomic mass is 32.1. The van der Waals surface area contributed by atoms with Crippen molar-refractivity contribution >= 4 is 17.3 Å². The molecule has 0 spiro atoms. The van der Waals surface area contributed by atoms with Crippen molar-refractivity contribution in [3.8, 4) is 0 Å². The van der Waals surface area contributed by atoms with E-state index in [1.807, 2.05) is 0 Å². The average Bonchev–Trinajstić information content (AvgIpc) is 1.69. The molecule has 0 aromatic carbocycles. The molecule has 7 heavy (non-hydrogen) atoms. The molecule has 0 saturated carbocycles. The molecular weight excluding hydrogens is 112 g/mol. The van der Waals surface area contributed by atoms with Crippen LogP contribution in [0.15, 0.2) is 0 Å². The molecule has 1 fully saturated rings. The lowest BCUT2D eigenvalue weighted by molar-refractivity contribution is -0.232. The average molecular weight is 118 g/mol. The van der Waals surface area contributed by atoms with Gasteiger partial charge in [0.15, 0.2) is 0 Å². The molecular formula is C4H6O2S. The summed E-state index contributed by atoms with van der Waals surface area (Å²) in [6, 6.07) is 0. The quantitative estimate of drug-likeness (QED) is 0.350. The van der Waals surface area contributed by atoms with Gasteiger partial charge in [0.05, 0.1) is 6.61 Å². The second-order valence-corrected chi connectivity index (χ2v) is 1.84. The van der Waals surface area contributed by atoms with E-state index in [9.17, 15) is 0 Å². The van der Waals surface area contributed by atoms with Crippen molar-refractivity contribution in [3.63, 3.8) is 0 Å². The second-order valence-electron chi connectivity index (χ2n) is 1.38. The minimum Gasteiger partial charge on any atom is -0.330 e. The molecule has 1 aliphatic heterocycles. The van der Waals surface area contributed by atoms with E-state index in [1.54, 1.807) is 0 Å². The summed E-state index contributed by atoms with van der Waals surface area (Å²) in [5.41, 5.74) is 0. The lowest BCUT2D eigenvalue weighted by atomic mass is 10.3. The van der Waals surface area contributed by atoms with Crippen molar-refractivity contribution in [2.45, 2.75) is 12.8 Å². The Labute approximate surface area is 47.3 Å². The van der Waals surface area contributed by atoms with Gasteiger partial charge < -0.3 is 4.89 Å². The van der Waals surface area contributed by atoms with Gasteiger partial charge in [-0.05, 0) is 18.6 Å². The summed E-state index contributed by atoms with van der Waals surface area (Å²) >= 11 is 4.66. The molecule has 0 radical (unpaired) electrons. The first-order valence-electron chi connectivity index (χ1n) is 2.22. The van der Waals surface area contributed by atoms with Gasteiger partial charge in [0, 0.05) is 6.42 Å². The Morgan fingerprint density at radius 3 is 2.71 bits per heavy atom. The third-order valence-corrected chi connectivity index (χ3v) is 1.03. The summed E-state index contributed by atoms with van der Waals surface area (Å²) in [4.78, 5) is 9.05. The van der Waals surface area contributed by atoms with Gasteiger partial charge in [-0.3, -0.25) is 0 Å². The first-order valence-corrected chi connectivity index (χ1v) is 2.63. The van der Waals surface area contributed by atoms with Crippen LogP contribution >= 0.6 is 12.2 Å². The maximum Gasteiger partial charge on any atom is 0.205 e. The zero-order valence-electron chi connectivity index (χ0n) is 3.85. The molecule has 1 heterocycles. The largest absolute Gasteiger partial charge is 0.330 e. The van der Waals surface area contributed by atoms with E-state index < -0.39 is 0 Å². The monoisotopic (exact) mass is 118 g/mol. The third-order valence-electron chi connectivity index (χ3n) is 0.760. The molecule has 40 valence electrons. The Balaban J connectivity index is 2.25. The van der Waals surface area contributed by atoms with E-state index in [-0.39, 0.29) is 0 Å². The molecule has 0 amide bonds. The molecule has 0 aromatic heterocycles. The van der Waals surface area contributed by atoms with Crippen LogP contribution in [-0.4, -0.2) is 11.7 Å². The smallest absolute Gasteiger partial charge is 0.205 e. The number of thiocarbonyl (C=S) groups is 1. The molecule has 1 aliphatic rings. The maximum atomic E-state index is 4.66. The van der Waals surface area contributed by atoms with Crippen molar-refractivity contribution in [2.75, 3.05) is 6.61 Å². The van der Waals surface area contributed by atoms with Crippen molar-refractivity contribution < 1.29 is 9.78 Å². The van der Waals surface area contributed by atoms with Crippen molar-refractivity contribution in [2.24, 2.45) is 0 Å². The van der Waals surface area contributed by atoms with E-state index in [0.717, 1.165) is 12.8 Å². The molecule has 2 nitrogen and oxygen atoms in total. The molecule has 0 bridgehead atoms. The standard InChI is InChI=1S/C4H6O2S/c7-4-2-1-3-5-6-4/h1-3H2. The second kappa shape index (κ2) is 2.23. The Hall–Kier alpha value is -0.150. The fourth-order valence-corrected chi connectivity index (χ4v) is 0.617. The van der Waals surface area contributed by atoms with Crippen LogP contribution in [0, 0.1) is 0 Å². The number of hydrogen-bond acceptors (Lipinski definition) is 3. The first-order chi connectivity index (χ1) is 3.39. The normalized spacial score (nSPS) is 21.4. The number of rotatable bonds is 0.